The van der Waals surface area contributed by atoms with Crippen molar-refractivity contribution in [3.8, 4) is 0 Å². The first-order chi connectivity index (χ1) is 9.68. The molecular weight excluding hydrogens is 411 g/mol. The molecule has 0 atom stereocenters. The summed E-state index contributed by atoms with van der Waals surface area (Å²) < 4.78 is 27.9. The summed E-state index contributed by atoms with van der Waals surface area (Å²) >= 11 is 6.45. The van der Waals surface area contributed by atoms with Crippen LogP contribution in [0.15, 0.2) is 0 Å². The van der Waals surface area contributed by atoms with Crippen molar-refractivity contribution in [2.75, 3.05) is 30.5 Å². The minimum atomic E-state index is -3.38. The first kappa shape index (κ1) is 21.1. The third-order valence-corrected chi connectivity index (χ3v) is 4.79. The lowest BCUT2D eigenvalue weighted by molar-refractivity contribution is 0.122. The molecule has 0 heterocycles. The van der Waals surface area contributed by atoms with Crippen LogP contribution in [0.1, 0.15) is 51.9 Å². The highest BCUT2D eigenvalue weighted by molar-refractivity contribution is 9.09. The standard InChI is InChI=1S/C13H27Br2O4P/c1-2-3-4-5-6-7-8-11-17-20(16,18-12-9-14)19-13-10-15/h2-13H2,1H3. The van der Waals surface area contributed by atoms with E-state index < -0.39 is 7.82 Å². The molecule has 7 heteroatoms. The molecule has 4 nitrogen and oxygen atoms in total. The molecule has 0 N–H and O–H groups in total. The van der Waals surface area contributed by atoms with Crippen LogP contribution in [0.5, 0.6) is 0 Å². The predicted octanol–water partition coefficient (Wildman–Crippen LogP) is 5.68. The Morgan fingerprint density at radius 3 is 1.70 bits per heavy atom. The predicted molar refractivity (Wildman–Crippen MR) is 91.0 cm³/mol. The zero-order valence-corrected chi connectivity index (χ0v) is 16.4. The minimum absolute atomic E-state index is 0.316. The van der Waals surface area contributed by atoms with E-state index in [1.807, 2.05) is 0 Å². The van der Waals surface area contributed by atoms with Crippen LogP contribution in [0.4, 0.5) is 0 Å². The molecule has 0 unspecified atom stereocenters. The van der Waals surface area contributed by atoms with Gasteiger partial charge in [0.15, 0.2) is 0 Å². The number of hydrogen-bond acceptors (Lipinski definition) is 4. The maximum Gasteiger partial charge on any atom is 0.474 e. The fraction of sp³-hybridized carbons (Fsp3) is 1.00. The van der Waals surface area contributed by atoms with Gasteiger partial charge in [0.1, 0.15) is 0 Å². The number of phosphoric ester groups is 1. The van der Waals surface area contributed by atoms with Crippen molar-refractivity contribution in [3.63, 3.8) is 0 Å². The summed E-state index contributed by atoms with van der Waals surface area (Å²) in [5.74, 6) is 0. The van der Waals surface area contributed by atoms with Gasteiger partial charge in [0.05, 0.1) is 19.8 Å². The normalized spacial score (nSPS) is 11.9. The van der Waals surface area contributed by atoms with Crippen molar-refractivity contribution in [2.45, 2.75) is 51.9 Å². The molecular formula is C13H27Br2O4P. The molecule has 0 saturated carbocycles. The largest absolute Gasteiger partial charge is 0.474 e. The van der Waals surface area contributed by atoms with Crippen LogP contribution in [0.2, 0.25) is 0 Å². The van der Waals surface area contributed by atoms with Crippen LogP contribution < -0.4 is 0 Å². The van der Waals surface area contributed by atoms with Gasteiger partial charge in [-0.15, -0.1) is 0 Å². The second-order valence-corrected chi connectivity index (χ2v) is 7.70. The van der Waals surface area contributed by atoms with Crippen LogP contribution in [-0.4, -0.2) is 30.5 Å². The van der Waals surface area contributed by atoms with Gasteiger partial charge in [0, 0.05) is 10.7 Å². The van der Waals surface area contributed by atoms with E-state index in [0.717, 1.165) is 12.8 Å². The molecule has 0 aliphatic heterocycles. The highest BCUT2D eigenvalue weighted by Gasteiger charge is 2.25. The molecule has 0 spiro atoms. The summed E-state index contributed by atoms with van der Waals surface area (Å²) in [6.45, 7) is 3.27. The van der Waals surface area contributed by atoms with E-state index in [2.05, 4.69) is 38.8 Å². The number of phosphoric acid groups is 1. The molecule has 0 aliphatic rings. The van der Waals surface area contributed by atoms with Gasteiger partial charge in [-0.1, -0.05) is 77.3 Å². The molecule has 0 fully saturated rings. The van der Waals surface area contributed by atoms with E-state index in [-0.39, 0.29) is 0 Å². The molecule has 0 amide bonds. The van der Waals surface area contributed by atoms with Crippen molar-refractivity contribution < 1.29 is 18.1 Å². The fourth-order valence-electron chi connectivity index (χ4n) is 1.64. The molecule has 0 rings (SSSR count). The first-order valence-electron chi connectivity index (χ1n) is 7.34. The second-order valence-electron chi connectivity index (χ2n) is 4.45. The second kappa shape index (κ2) is 15.0. The summed E-state index contributed by atoms with van der Waals surface area (Å²) in [4.78, 5) is 0. The van der Waals surface area contributed by atoms with Crippen LogP contribution in [0.25, 0.3) is 0 Å². The van der Waals surface area contributed by atoms with Crippen LogP contribution in [0, 0.1) is 0 Å². The quantitative estimate of drug-likeness (QED) is 0.187. The zero-order valence-electron chi connectivity index (χ0n) is 12.3. The van der Waals surface area contributed by atoms with E-state index >= 15 is 0 Å². The number of rotatable bonds is 15. The van der Waals surface area contributed by atoms with Gasteiger partial charge in [0.25, 0.3) is 0 Å². The Morgan fingerprint density at radius 1 is 0.750 bits per heavy atom. The Hall–Kier alpha value is 1.07. The smallest absolute Gasteiger partial charge is 0.287 e. The number of unbranched alkanes of at least 4 members (excludes halogenated alkanes) is 6. The lowest BCUT2D eigenvalue weighted by Gasteiger charge is -2.17. The van der Waals surface area contributed by atoms with E-state index in [1.54, 1.807) is 0 Å². The summed E-state index contributed by atoms with van der Waals surface area (Å²) in [6, 6.07) is 0. The first-order valence-corrected chi connectivity index (χ1v) is 11.0. The Balaban J connectivity index is 3.70. The Bertz CT molecular complexity index is 243. The molecule has 0 radical (unpaired) electrons. The summed E-state index contributed by atoms with van der Waals surface area (Å²) in [7, 11) is -3.38. The summed E-state index contributed by atoms with van der Waals surface area (Å²) in [5.41, 5.74) is 0. The lowest BCUT2D eigenvalue weighted by atomic mass is 10.1. The number of hydrogen-bond donors (Lipinski definition) is 0. The SMILES string of the molecule is CCCCCCCCCOP(=O)(OCCBr)OCCBr. The molecule has 0 aliphatic carbocycles. The summed E-state index contributed by atoms with van der Waals surface area (Å²) in [5, 5.41) is 1.21. The molecule has 0 aromatic rings. The van der Waals surface area contributed by atoms with Crippen molar-refractivity contribution >= 4 is 39.7 Å². The van der Waals surface area contributed by atoms with E-state index in [4.69, 9.17) is 13.6 Å². The lowest BCUT2D eigenvalue weighted by Crippen LogP contribution is -2.05. The highest BCUT2D eigenvalue weighted by atomic mass is 79.9. The van der Waals surface area contributed by atoms with Crippen molar-refractivity contribution in [2.24, 2.45) is 0 Å². The molecule has 0 bridgehead atoms. The molecule has 0 saturated heterocycles. The highest BCUT2D eigenvalue weighted by Crippen LogP contribution is 2.49. The molecule has 0 aromatic heterocycles. The van der Waals surface area contributed by atoms with E-state index in [1.165, 1.54) is 32.1 Å². The van der Waals surface area contributed by atoms with Gasteiger partial charge in [0.2, 0.25) is 0 Å². The van der Waals surface area contributed by atoms with Gasteiger partial charge in [-0.3, -0.25) is 13.6 Å². The molecule has 20 heavy (non-hydrogen) atoms. The van der Waals surface area contributed by atoms with Gasteiger partial charge in [-0.25, -0.2) is 4.57 Å². The van der Waals surface area contributed by atoms with Crippen LogP contribution in [-0.2, 0) is 18.1 Å². The molecule has 122 valence electrons. The van der Waals surface area contributed by atoms with Gasteiger partial charge >= 0.3 is 7.82 Å². The van der Waals surface area contributed by atoms with E-state index in [9.17, 15) is 4.57 Å². The number of halogens is 2. The number of alkyl halides is 2. The fourth-order valence-corrected chi connectivity index (χ4v) is 3.67. The monoisotopic (exact) mass is 436 g/mol. The van der Waals surface area contributed by atoms with Crippen molar-refractivity contribution in [3.05, 3.63) is 0 Å². The van der Waals surface area contributed by atoms with Crippen LogP contribution in [0.3, 0.4) is 0 Å². The third-order valence-electron chi connectivity index (χ3n) is 2.65. The summed E-state index contributed by atoms with van der Waals surface area (Å²) in [6.07, 6.45) is 8.35. The van der Waals surface area contributed by atoms with E-state index in [0.29, 0.717) is 30.5 Å². The van der Waals surface area contributed by atoms with Gasteiger partial charge in [-0.2, -0.15) is 0 Å². The Labute approximate surface area is 140 Å². The average Bonchev–Trinajstić information content (AvgIpc) is 2.46. The Morgan fingerprint density at radius 2 is 1.20 bits per heavy atom. The molecule has 0 aromatic carbocycles. The average molecular weight is 438 g/mol. The maximum atomic E-state index is 12.2. The van der Waals surface area contributed by atoms with Gasteiger partial charge < -0.3 is 0 Å². The zero-order chi connectivity index (χ0) is 15.1. The van der Waals surface area contributed by atoms with Gasteiger partial charge in [-0.05, 0) is 6.42 Å². The van der Waals surface area contributed by atoms with Crippen molar-refractivity contribution in [1.29, 1.82) is 0 Å². The Kier molecular flexibility index (Phi) is 15.8. The topological polar surface area (TPSA) is 44.8 Å². The minimum Gasteiger partial charge on any atom is -0.287 e. The van der Waals surface area contributed by atoms with Crippen molar-refractivity contribution in [1.82, 2.24) is 0 Å². The maximum absolute atomic E-state index is 12.2. The third kappa shape index (κ3) is 12.8. The van der Waals surface area contributed by atoms with Crippen LogP contribution >= 0.6 is 39.7 Å².